The van der Waals surface area contributed by atoms with Gasteiger partial charge in [0.2, 0.25) is 0 Å². The van der Waals surface area contributed by atoms with Gasteiger partial charge >= 0.3 is 6.01 Å². The standard InChI is InChI=1S/C23H22Cl2N4O2/c1-30-23-26-11-15(12-27-23)13-28-6-7-31-22-17(14-28)9-19(10-20(22)25)29-5-4-16-8-18(24)2-3-21(16)29/h2-3,8-12H,4-7,13-14H2,1H3. The van der Waals surface area contributed by atoms with Crippen molar-refractivity contribution >= 4 is 34.6 Å². The highest BCUT2D eigenvalue weighted by Crippen LogP contribution is 2.41. The fraction of sp³-hybridized carbons (Fsp3) is 0.304. The molecule has 0 N–H and O–H groups in total. The zero-order valence-corrected chi connectivity index (χ0v) is 18.7. The highest BCUT2D eigenvalue weighted by molar-refractivity contribution is 6.32. The van der Waals surface area contributed by atoms with Crippen molar-refractivity contribution in [2.45, 2.75) is 19.5 Å². The van der Waals surface area contributed by atoms with Gasteiger partial charge in [-0.25, -0.2) is 9.97 Å². The van der Waals surface area contributed by atoms with Crippen LogP contribution < -0.4 is 14.4 Å². The summed E-state index contributed by atoms with van der Waals surface area (Å²) in [5.41, 5.74) is 5.62. The molecule has 2 aliphatic rings. The molecule has 160 valence electrons. The van der Waals surface area contributed by atoms with E-state index in [9.17, 15) is 0 Å². The van der Waals surface area contributed by atoms with E-state index in [-0.39, 0.29) is 0 Å². The number of hydrogen-bond acceptors (Lipinski definition) is 6. The zero-order valence-electron chi connectivity index (χ0n) is 17.1. The fourth-order valence-corrected chi connectivity index (χ4v) is 4.71. The fourth-order valence-electron chi connectivity index (χ4n) is 4.23. The molecule has 8 heteroatoms. The monoisotopic (exact) mass is 456 g/mol. The van der Waals surface area contributed by atoms with Gasteiger partial charge < -0.3 is 14.4 Å². The van der Waals surface area contributed by atoms with Crippen LogP contribution in [0, 0.1) is 0 Å². The molecule has 5 rings (SSSR count). The van der Waals surface area contributed by atoms with Crippen LogP contribution in [-0.4, -0.2) is 41.7 Å². The van der Waals surface area contributed by atoms with Crippen LogP contribution in [0.25, 0.3) is 0 Å². The van der Waals surface area contributed by atoms with E-state index in [1.54, 1.807) is 19.5 Å². The molecule has 3 heterocycles. The third-order valence-electron chi connectivity index (χ3n) is 5.67. The highest BCUT2D eigenvalue weighted by atomic mass is 35.5. The third-order valence-corrected chi connectivity index (χ3v) is 6.19. The smallest absolute Gasteiger partial charge is 0.316 e. The molecule has 0 saturated carbocycles. The summed E-state index contributed by atoms with van der Waals surface area (Å²) in [5, 5.41) is 1.41. The van der Waals surface area contributed by atoms with E-state index in [0.717, 1.165) is 60.2 Å². The van der Waals surface area contributed by atoms with Crippen LogP contribution in [-0.2, 0) is 19.5 Å². The Hall–Kier alpha value is -2.54. The van der Waals surface area contributed by atoms with Crippen LogP contribution >= 0.6 is 23.2 Å². The number of methoxy groups -OCH3 is 1. The second-order valence-electron chi connectivity index (χ2n) is 7.73. The summed E-state index contributed by atoms with van der Waals surface area (Å²) in [6.07, 6.45) is 4.56. The summed E-state index contributed by atoms with van der Waals surface area (Å²) < 4.78 is 11.1. The molecular weight excluding hydrogens is 435 g/mol. The van der Waals surface area contributed by atoms with E-state index >= 15 is 0 Å². The molecule has 0 saturated heterocycles. The predicted octanol–water partition coefficient (Wildman–Crippen LogP) is 4.88. The van der Waals surface area contributed by atoms with Crippen LogP contribution in [0.4, 0.5) is 11.4 Å². The van der Waals surface area contributed by atoms with Crippen molar-refractivity contribution in [3.8, 4) is 11.8 Å². The van der Waals surface area contributed by atoms with E-state index in [1.807, 2.05) is 18.2 Å². The minimum Gasteiger partial charge on any atom is -0.490 e. The summed E-state index contributed by atoms with van der Waals surface area (Å²) in [6.45, 7) is 3.72. The van der Waals surface area contributed by atoms with Crippen molar-refractivity contribution in [2.24, 2.45) is 0 Å². The number of aromatic nitrogens is 2. The van der Waals surface area contributed by atoms with Crippen molar-refractivity contribution in [2.75, 3.05) is 31.7 Å². The SMILES string of the molecule is COc1ncc(CN2CCOc3c(Cl)cc(N4CCc5cc(Cl)ccc54)cc3C2)cn1. The molecule has 6 nitrogen and oxygen atoms in total. The summed E-state index contributed by atoms with van der Waals surface area (Å²) in [5.74, 6) is 0.773. The van der Waals surface area contributed by atoms with Crippen molar-refractivity contribution in [1.29, 1.82) is 0 Å². The van der Waals surface area contributed by atoms with Gasteiger partial charge in [-0.2, -0.15) is 0 Å². The summed E-state index contributed by atoms with van der Waals surface area (Å²) >= 11 is 12.8. The van der Waals surface area contributed by atoms with Crippen LogP contribution in [0.2, 0.25) is 10.0 Å². The first-order valence-electron chi connectivity index (χ1n) is 10.2. The Morgan fingerprint density at radius 3 is 2.71 bits per heavy atom. The number of nitrogens with zero attached hydrogens (tertiary/aromatic N) is 4. The molecule has 2 aromatic carbocycles. The Morgan fingerprint density at radius 2 is 1.90 bits per heavy atom. The highest BCUT2D eigenvalue weighted by Gasteiger charge is 2.25. The number of ether oxygens (including phenoxy) is 2. The van der Waals surface area contributed by atoms with E-state index in [0.29, 0.717) is 17.6 Å². The summed E-state index contributed by atoms with van der Waals surface area (Å²) in [6, 6.07) is 10.6. The molecule has 31 heavy (non-hydrogen) atoms. The van der Waals surface area contributed by atoms with Crippen LogP contribution in [0.5, 0.6) is 11.8 Å². The average Bonchev–Trinajstić information content (AvgIpc) is 3.07. The van der Waals surface area contributed by atoms with Gasteiger partial charge in [0.25, 0.3) is 0 Å². The van der Waals surface area contributed by atoms with Gasteiger partial charge in [-0.3, -0.25) is 4.90 Å². The lowest BCUT2D eigenvalue weighted by molar-refractivity contribution is 0.219. The Balaban J connectivity index is 1.41. The Morgan fingerprint density at radius 1 is 1.06 bits per heavy atom. The molecule has 0 amide bonds. The first-order valence-corrected chi connectivity index (χ1v) is 10.9. The van der Waals surface area contributed by atoms with E-state index in [2.05, 4.69) is 31.9 Å². The minimum atomic E-state index is 0.372. The number of fused-ring (bicyclic) bond motifs is 2. The van der Waals surface area contributed by atoms with Gasteiger partial charge in [-0.1, -0.05) is 23.2 Å². The second kappa shape index (κ2) is 8.54. The van der Waals surface area contributed by atoms with Crippen LogP contribution in [0.3, 0.4) is 0 Å². The number of halogens is 2. The molecule has 0 bridgehead atoms. The molecule has 0 radical (unpaired) electrons. The van der Waals surface area contributed by atoms with Gasteiger partial charge in [0.15, 0.2) is 0 Å². The van der Waals surface area contributed by atoms with Gasteiger partial charge in [0.05, 0.1) is 12.1 Å². The van der Waals surface area contributed by atoms with Gasteiger partial charge in [0.1, 0.15) is 12.4 Å². The second-order valence-corrected chi connectivity index (χ2v) is 8.57. The molecule has 3 aromatic rings. The first-order chi connectivity index (χ1) is 15.1. The third kappa shape index (κ3) is 4.15. The maximum atomic E-state index is 6.67. The minimum absolute atomic E-state index is 0.372. The lowest BCUT2D eigenvalue weighted by Crippen LogP contribution is -2.25. The molecule has 2 aliphatic heterocycles. The van der Waals surface area contributed by atoms with Crippen LogP contribution in [0.1, 0.15) is 16.7 Å². The van der Waals surface area contributed by atoms with Crippen molar-refractivity contribution in [3.63, 3.8) is 0 Å². The largest absolute Gasteiger partial charge is 0.490 e. The number of anilines is 2. The maximum absolute atomic E-state index is 6.67. The molecular formula is C23H22Cl2N4O2. The molecule has 0 atom stereocenters. The van der Waals surface area contributed by atoms with E-state index < -0.39 is 0 Å². The quantitative estimate of drug-likeness (QED) is 0.557. The lowest BCUT2D eigenvalue weighted by atomic mass is 10.1. The maximum Gasteiger partial charge on any atom is 0.316 e. The molecule has 0 fully saturated rings. The molecule has 0 spiro atoms. The topological polar surface area (TPSA) is 50.7 Å². The number of benzene rings is 2. The molecule has 0 aliphatic carbocycles. The Bertz CT molecular complexity index is 1110. The van der Waals surface area contributed by atoms with Crippen molar-refractivity contribution in [1.82, 2.24) is 14.9 Å². The van der Waals surface area contributed by atoms with Crippen LogP contribution in [0.15, 0.2) is 42.7 Å². The summed E-state index contributed by atoms with van der Waals surface area (Å²) in [7, 11) is 1.56. The normalized spacial score (nSPS) is 15.8. The lowest BCUT2D eigenvalue weighted by Gasteiger charge is -2.23. The summed E-state index contributed by atoms with van der Waals surface area (Å²) in [4.78, 5) is 13.0. The first kappa shape index (κ1) is 20.4. The van der Waals surface area contributed by atoms with Gasteiger partial charge in [-0.15, -0.1) is 0 Å². The predicted molar refractivity (Wildman–Crippen MR) is 122 cm³/mol. The number of hydrogen-bond donors (Lipinski definition) is 0. The number of rotatable bonds is 4. The Labute approximate surface area is 191 Å². The molecule has 0 unspecified atom stereocenters. The molecule has 1 aromatic heterocycles. The van der Waals surface area contributed by atoms with E-state index in [1.165, 1.54) is 11.3 Å². The zero-order chi connectivity index (χ0) is 21.4. The van der Waals surface area contributed by atoms with Gasteiger partial charge in [0, 0.05) is 66.1 Å². The average molecular weight is 457 g/mol. The van der Waals surface area contributed by atoms with Gasteiger partial charge in [-0.05, 0) is 42.3 Å². The van der Waals surface area contributed by atoms with Crippen molar-refractivity contribution in [3.05, 3.63) is 69.5 Å². The van der Waals surface area contributed by atoms with Crippen molar-refractivity contribution < 1.29 is 9.47 Å². The Kier molecular flexibility index (Phi) is 5.61. The van der Waals surface area contributed by atoms with E-state index in [4.69, 9.17) is 32.7 Å².